The van der Waals surface area contributed by atoms with E-state index in [9.17, 15) is 27.6 Å². The van der Waals surface area contributed by atoms with Gasteiger partial charge in [0.1, 0.15) is 0 Å². The maximum absolute atomic E-state index is 13.0. The van der Waals surface area contributed by atoms with E-state index >= 15 is 0 Å². The van der Waals surface area contributed by atoms with E-state index in [4.69, 9.17) is 4.74 Å². The average Bonchev–Trinajstić information content (AvgIpc) is 3.11. The van der Waals surface area contributed by atoms with E-state index in [1.807, 2.05) is 0 Å². The molecule has 2 aliphatic rings. The van der Waals surface area contributed by atoms with Gasteiger partial charge < -0.3 is 10.1 Å². The molecule has 9 heteroatoms. The van der Waals surface area contributed by atoms with Gasteiger partial charge in [-0.1, -0.05) is 36.4 Å². The number of anilines is 1. The second-order valence-corrected chi connectivity index (χ2v) is 9.83. The minimum atomic E-state index is -3.26. The van der Waals surface area contributed by atoms with Gasteiger partial charge in [-0.15, -0.1) is 0 Å². The number of sulfone groups is 1. The quantitative estimate of drug-likeness (QED) is 0.612. The molecule has 0 aromatic heterocycles. The minimum Gasteiger partial charge on any atom is -0.452 e. The molecule has 1 N–H and O–H groups in total. The fourth-order valence-electron chi connectivity index (χ4n) is 3.79. The molecule has 31 heavy (non-hydrogen) atoms. The van der Waals surface area contributed by atoms with Gasteiger partial charge in [0.05, 0.1) is 28.7 Å². The van der Waals surface area contributed by atoms with Crippen LogP contribution >= 0.6 is 0 Å². The Balaban J connectivity index is 1.53. The highest BCUT2D eigenvalue weighted by atomic mass is 32.2. The lowest BCUT2D eigenvalue weighted by Crippen LogP contribution is -2.33. The molecule has 2 aromatic carbocycles. The number of hydrogen-bond donors (Lipinski definition) is 1. The van der Waals surface area contributed by atoms with Crippen molar-refractivity contribution in [3.8, 4) is 0 Å². The van der Waals surface area contributed by atoms with Crippen molar-refractivity contribution in [1.29, 1.82) is 0 Å². The zero-order valence-electron chi connectivity index (χ0n) is 16.6. The summed E-state index contributed by atoms with van der Waals surface area (Å²) in [6, 6.07) is 11.0. The third-order valence-corrected chi connectivity index (χ3v) is 7.21. The summed E-state index contributed by atoms with van der Waals surface area (Å²) >= 11 is 0. The van der Waals surface area contributed by atoms with E-state index in [-0.39, 0.29) is 51.9 Å². The molecule has 1 fully saturated rings. The van der Waals surface area contributed by atoms with Crippen LogP contribution in [-0.2, 0) is 24.2 Å². The van der Waals surface area contributed by atoms with Crippen LogP contribution in [0.4, 0.5) is 5.69 Å². The van der Waals surface area contributed by atoms with Crippen LogP contribution in [0.3, 0.4) is 0 Å². The first kappa shape index (κ1) is 20.9. The molecule has 1 aliphatic heterocycles. The van der Waals surface area contributed by atoms with Crippen molar-refractivity contribution in [1.82, 2.24) is 0 Å². The highest BCUT2D eigenvalue weighted by molar-refractivity contribution is 7.91. The van der Waals surface area contributed by atoms with Gasteiger partial charge >= 0.3 is 5.97 Å². The second-order valence-electron chi connectivity index (χ2n) is 7.60. The molecule has 0 bridgehead atoms. The Kier molecular flexibility index (Phi) is 5.22. The summed E-state index contributed by atoms with van der Waals surface area (Å²) in [5, 5.41) is 2.56. The first-order valence-corrected chi connectivity index (χ1v) is 11.5. The van der Waals surface area contributed by atoms with Crippen LogP contribution in [0, 0.1) is 5.92 Å². The molecule has 2 aromatic rings. The number of rotatable bonds is 4. The summed E-state index contributed by atoms with van der Waals surface area (Å²) in [7, 11) is -3.26. The molecular weight excluding hydrogens is 422 g/mol. The van der Waals surface area contributed by atoms with Crippen molar-refractivity contribution in [3.63, 3.8) is 0 Å². The number of benzene rings is 2. The normalized spacial score (nSPS) is 19.8. The number of carbonyl (C=O) groups is 4. The Labute approximate surface area is 178 Å². The van der Waals surface area contributed by atoms with Crippen molar-refractivity contribution in [3.05, 3.63) is 64.7 Å². The standard InChI is InChI=1S/C22H19NO7S/c1-12(30-22(27)13-9-10-31(28,29)11-13)21(26)23-17-8-4-7-16-18(17)20(25)15-6-3-2-5-14(15)19(16)24/h2-8,12-13H,9-11H2,1H3,(H,23,26). The van der Waals surface area contributed by atoms with Crippen LogP contribution in [0.5, 0.6) is 0 Å². The van der Waals surface area contributed by atoms with Crippen molar-refractivity contribution in [2.45, 2.75) is 19.4 Å². The number of amides is 1. The monoisotopic (exact) mass is 441 g/mol. The summed E-state index contributed by atoms with van der Waals surface area (Å²) in [6.07, 6.45) is -1.05. The number of esters is 1. The van der Waals surface area contributed by atoms with Crippen LogP contribution < -0.4 is 5.32 Å². The van der Waals surface area contributed by atoms with Gasteiger partial charge in [0.2, 0.25) is 0 Å². The minimum absolute atomic E-state index is 0.0822. The summed E-state index contributed by atoms with van der Waals surface area (Å²) in [5.41, 5.74) is 0.963. The van der Waals surface area contributed by atoms with Crippen molar-refractivity contribution >= 4 is 39.0 Å². The first-order chi connectivity index (χ1) is 14.7. The lowest BCUT2D eigenvalue weighted by molar-refractivity contribution is -0.156. The van der Waals surface area contributed by atoms with Crippen LogP contribution in [0.25, 0.3) is 0 Å². The maximum Gasteiger partial charge on any atom is 0.310 e. The molecule has 1 saturated heterocycles. The molecule has 0 spiro atoms. The largest absolute Gasteiger partial charge is 0.452 e. The van der Waals surface area contributed by atoms with Gasteiger partial charge in [0.15, 0.2) is 27.5 Å². The number of nitrogens with one attached hydrogen (secondary N) is 1. The van der Waals surface area contributed by atoms with E-state index in [2.05, 4.69) is 5.32 Å². The number of carbonyl (C=O) groups excluding carboxylic acids is 4. The third kappa shape index (κ3) is 3.88. The van der Waals surface area contributed by atoms with Crippen molar-refractivity contribution in [2.24, 2.45) is 5.92 Å². The summed E-state index contributed by atoms with van der Waals surface area (Å²) in [4.78, 5) is 50.6. The molecule has 2 unspecified atom stereocenters. The molecule has 1 heterocycles. The van der Waals surface area contributed by atoms with Gasteiger partial charge in [-0.05, 0) is 19.4 Å². The lowest BCUT2D eigenvalue weighted by atomic mass is 9.83. The van der Waals surface area contributed by atoms with Crippen molar-refractivity contribution in [2.75, 3.05) is 16.8 Å². The van der Waals surface area contributed by atoms with E-state index < -0.39 is 33.7 Å². The first-order valence-electron chi connectivity index (χ1n) is 9.71. The Hall–Kier alpha value is -3.33. The number of fused-ring (bicyclic) bond motifs is 2. The fourth-order valence-corrected chi connectivity index (χ4v) is 5.51. The number of ether oxygens (including phenoxy) is 1. The van der Waals surface area contributed by atoms with Gasteiger partial charge in [-0.2, -0.15) is 0 Å². The maximum atomic E-state index is 13.0. The van der Waals surface area contributed by atoms with E-state index in [0.717, 1.165) is 0 Å². The van der Waals surface area contributed by atoms with Gasteiger partial charge in [0.25, 0.3) is 5.91 Å². The Morgan fingerprint density at radius 2 is 1.65 bits per heavy atom. The highest BCUT2D eigenvalue weighted by Crippen LogP contribution is 2.32. The third-order valence-electron chi connectivity index (χ3n) is 5.44. The van der Waals surface area contributed by atoms with Crippen molar-refractivity contribution < 1.29 is 32.3 Å². The second kappa shape index (κ2) is 7.73. The molecular formula is C22H19NO7S. The molecule has 2 atom stereocenters. The number of ketones is 2. The molecule has 1 aliphatic carbocycles. The van der Waals surface area contributed by atoms with Crippen LogP contribution in [0.2, 0.25) is 0 Å². The summed E-state index contributed by atoms with van der Waals surface area (Å²) < 4.78 is 28.2. The highest BCUT2D eigenvalue weighted by Gasteiger charge is 2.36. The van der Waals surface area contributed by atoms with Gasteiger partial charge in [-0.25, -0.2) is 8.42 Å². The van der Waals surface area contributed by atoms with E-state index in [1.54, 1.807) is 30.3 Å². The molecule has 0 saturated carbocycles. The predicted molar refractivity (Wildman–Crippen MR) is 111 cm³/mol. The van der Waals surface area contributed by atoms with E-state index in [0.29, 0.717) is 5.56 Å². The molecule has 1 amide bonds. The SMILES string of the molecule is CC(OC(=O)C1CCS(=O)(=O)C1)C(=O)Nc1cccc2c1C(=O)c1ccccc1C2=O. The molecule has 4 rings (SSSR count). The topological polar surface area (TPSA) is 124 Å². The van der Waals surface area contributed by atoms with Crippen LogP contribution in [-0.4, -0.2) is 49.5 Å². The Morgan fingerprint density at radius 3 is 2.29 bits per heavy atom. The number of hydrogen-bond acceptors (Lipinski definition) is 7. The Bertz CT molecular complexity index is 1230. The summed E-state index contributed by atoms with van der Waals surface area (Å²) in [6.45, 7) is 1.36. The zero-order valence-corrected chi connectivity index (χ0v) is 17.4. The summed E-state index contributed by atoms with van der Waals surface area (Å²) in [5.74, 6) is -3.31. The van der Waals surface area contributed by atoms with Gasteiger partial charge in [-0.3, -0.25) is 19.2 Å². The average molecular weight is 441 g/mol. The zero-order chi connectivity index (χ0) is 22.3. The smallest absolute Gasteiger partial charge is 0.310 e. The van der Waals surface area contributed by atoms with E-state index in [1.165, 1.54) is 19.1 Å². The van der Waals surface area contributed by atoms with Crippen LogP contribution in [0.1, 0.15) is 45.2 Å². The van der Waals surface area contributed by atoms with Crippen LogP contribution in [0.15, 0.2) is 42.5 Å². The fraction of sp³-hybridized carbons (Fsp3) is 0.273. The van der Waals surface area contributed by atoms with Gasteiger partial charge in [0, 0.05) is 16.7 Å². The molecule has 160 valence electrons. The molecule has 0 radical (unpaired) electrons. The predicted octanol–water partition coefficient (Wildman–Crippen LogP) is 1.77. The Morgan fingerprint density at radius 1 is 1.00 bits per heavy atom. The lowest BCUT2D eigenvalue weighted by Gasteiger charge is -2.21. The molecule has 8 nitrogen and oxygen atoms in total.